The van der Waals surface area contributed by atoms with Gasteiger partial charge in [0.2, 0.25) is 0 Å². The molecule has 0 spiro atoms. The van der Waals surface area contributed by atoms with E-state index in [1.165, 1.54) is 12.1 Å². The maximum Gasteiger partial charge on any atom is 0.416 e. The van der Waals surface area contributed by atoms with Crippen molar-refractivity contribution >= 4 is 12.2 Å². The van der Waals surface area contributed by atoms with Crippen LogP contribution in [0.25, 0.3) is 17.1 Å². The minimum atomic E-state index is -4.37. The van der Waals surface area contributed by atoms with Crippen LogP contribution in [0.15, 0.2) is 48.8 Å². The third-order valence-corrected chi connectivity index (χ3v) is 3.32. The second-order valence-electron chi connectivity index (χ2n) is 4.47. The number of hydrogen-bond donors (Lipinski definition) is 1. The molecule has 0 unspecified atom stereocenters. The standard InChI is InChI=1S/C14H9F3N4S/c15-14(16,17)10-5-3-9(4-6-10)12-19-20-13(22)21(12)11-2-1-7-18-8-11/h1-8H,(H,20,22). The number of hydrogen-bond acceptors (Lipinski definition) is 3. The molecular formula is C14H9F3N4S. The van der Waals surface area contributed by atoms with Crippen LogP contribution in [0, 0.1) is 4.77 Å². The molecule has 0 atom stereocenters. The van der Waals surface area contributed by atoms with Crippen LogP contribution < -0.4 is 0 Å². The smallest absolute Gasteiger partial charge is 0.267 e. The Kier molecular flexibility index (Phi) is 3.53. The van der Waals surface area contributed by atoms with E-state index in [0.29, 0.717) is 21.8 Å². The van der Waals surface area contributed by atoms with Crippen LogP contribution in [0.2, 0.25) is 0 Å². The first-order chi connectivity index (χ1) is 10.5. The van der Waals surface area contributed by atoms with Crippen molar-refractivity contribution in [1.29, 1.82) is 0 Å². The maximum atomic E-state index is 12.6. The van der Waals surface area contributed by atoms with Gasteiger partial charge >= 0.3 is 6.18 Å². The molecule has 0 saturated carbocycles. The van der Waals surface area contributed by atoms with Gasteiger partial charge in [0.1, 0.15) is 0 Å². The first-order valence-electron chi connectivity index (χ1n) is 6.22. The Morgan fingerprint density at radius 1 is 1.09 bits per heavy atom. The van der Waals surface area contributed by atoms with Gasteiger partial charge in [-0.15, -0.1) is 0 Å². The van der Waals surface area contributed by atoms with Gasteiger partial charge in [-0.05, 0) is 36.5 Å². The van der Waals surface area contributed by atoms with Gasteiger partial charge in [0, 0.05) is 11.8 Å². The Morgan fingerprint density at radius 3 is 2.41 bits per heavy atom. The largest absolute Gasteiger partial charge is 0.416 e. The molecular weight excluding hydrogens is 313 g/mol. The number of aromatic amines is 1. The molecule has 2 heterocycles. The molecule has 0 aliphatic carbocycles. The van der Waals surface area contributed by atoms with Crippen molar-refractivity contribution in [1.82, 2.24) is 19.7 Å². The average Bonchev–Trinajstić information content (AvgIpc) is 2.89. The van der Waals surface area contributed by atoms with Crippen molar-refractivity contribution in [2.24, 2.45) is 0 Å². The van der Waals surface area contributed by atoms with E-state index in [9.17, 15) is 13.2 Å². The summed E-state index contributed by atoms with van der Waals surface area (Å²) in [4.78, 5) is 4.01. The van der Waals surface area contributed by atoms with Crippen LogP contribution in [0.4, 0.5) is 13.2 Å². The van der Waals surface area contributed by atoms with Crippen LogP contribution in [-0.4, -0.2) is 19.7 Å². The summed E-state index contributed by atoms with van der Waals surface area (Å²) in [7, 11) is 0. The number of rotatable bonds is 2. The molecule has 4 nitrogen and oxygen atoms in total. The van der Waals surface area contributed by atoms with Gasteiger partial charge in [0.25, 0.3) is 0 Å². The molecule has 0 radical (unpaired) electrons. The normalized spacial score (nSPS) is 11.6. The van der Waals surface area contributed by atoms with Crippen LogP contribution in [-0.2, 0) is 6.18 Å². The van der Waals surface area contributed by atoms with Crippen molar-refractivity contribution < 1.29 is 13.2 Å². The van der Waals surface area contributed by atoms with E-state index in [4.69, 9.17) is 12.2 Å². The second kappa shape index (κ2) is 5.38. The third-order valence-electron chi connectivity index (χ3n) is 3.05. The number of alkyl halides is 3. The summed E-state index contributed by atoms with van der Waals surface area (Å²) in [6.07, 6.45) is -1.16. The lowest BCUT2D eigenvalue weighted by atomic mass is 10.1. The van der Waals surface area contributed by atoms with Crippen molar-refractivity contribution in [2.75, 3.05) is 0 Å². The predicted octanol–water partition coefficient (Wildman–Crippen LogP) is 4.01. The molecule has 3 aromatic rings. The summed E-state index contributed by atoms with van der Waals surface area (Å²) in [5, 5.41) is 6.74. The van der Waals surface area contributed by atoms with Crippen LogP contribution in [0.5, 0.6) is 0 Å². The first kappa shape index (κ1) is 14.5. The van der Waals surface area contributed by atoms with E-state index in [2.05, 4.69) is 15.2 Å². The molecule has 0 fully saturated rings. The van der Waals surface area contributed by atoms with Crippen LogP contribution >= 0.6 is 12.2 Å². The van der Waals surface area contributed by atoms with Gasteiger partial charge in [0.15, 0.2) is 10.6 Å². The molecule has 3 rings (SSSR count). The number of benzene rings is 1. The fourth-order valence-electron chi connectivity index (χ4n) is 2.02. The van der Waals surface area contributed by atoms with E-state index >= 15 is 0 Å². The van der Waals surface area contributed by atoms with Gasteiger partial charge in [-0.25, -0.2) is 0 Å². The molecule has 112 valence electrons. The lowest BCUT2D eigenvalue weighted by Gasteiger charge is -2.09. The number of pyridine rings is 1. The highest BCUT2D eigenvalue weighted by atomic mass is 32.1. The van der Waals surface area contributed by atoms with Crippen molar-refractivity contribution in [3.8, 4) is 17.1 Å². The predicted molar refractivity (Wildman–Crippen MR) is 77.0 cm³/mol. The lowest BCUT2D eigenvalue weighted by Crippen LogP contribution is -2.04. The van der Waals surface area contributed by atoms with E-state index < -0.39 is 11.7 Å². The minimum absolute atomic E-state index is 0.336. The van der Waals surface area contributed by atoms with E-state index in [0.717, 1.165) is 12.1 Å². The Bertz CT molecular complexity index is 835. The summed E-state index contributed by atoms with van der Waals surface area (Å²) in [6, 6.07) is 8.27. The summed E-state index contributed by atoms with van der Waals surface area (Å²) in [6.45, 7) is 0. The average molecular weight is 322 g/mol. The molecule has 0 bridgehead atoms. The molecule has 1 N–H and O–H groups in total. The number of H-pyrrole nitrogens is 1. The first-order valence-corrected chi connectivity index (χ1v) is 6.63. The SMILES string of the molecule is FC(F)(F)c1ccc(-c2n[nH]c(=S)n2-c2cccnc2)cc1. The Labute approximate surface area is 128 Å². The van der Waals surface area contributed by atoms with Gasteiger partial charge in [0.05, 0.1) is 17.4 Å². The quantitative estimate of drug-likeness (QED) is 0.725. The number of aromatic nitrogens is 4. The Balaban J connectivity index is 2.09. The zero-order chi connectivity index (χ0) is 15.7. The van der Waals surface area contributed by atoms with Gasteiger partial charge < -0.3 is 0 Å². The number of nitrogens with one attached hydrogen (secondary N) is 1. The Morgan fingerprint density at radius 2 is 1.82 bits per heavy atom. The van der Waals surface area contributed by atoms with Crippen LogP contribution in [0.3, 0.4) is 0 Å². The van der Waals surface area contributed by atoms with Crippen molar-refractivity contribution in [3.63, 3.8) is 0 Å². The molecule has 0 aliphatic heterocycles. The monoisotopic (exact) mass is 322 g/mol. The molecule has 22 heavy (non-hydrogen) atoms. The van der Waals surface area contributed by atoms with Gasteiger partial charge in [-0.1, -0.05) is 12.1 Å². The minimum Gasteiger partial charge on any atom is -0.267 e. The maximum absolute atomic E-state index is 12.6. The molecule has 2 aromatic heterocycles. The summed E-state index contributed by atoms with van der Waals surface area (Å²) >= 11 is 5.18. The number of nitrogens with zero attached hydrogens (tertiary/aromatic N) is 3. The number of halogens is 3. The summed E-state index contributed by atoms with van der Waals surface area (Å²) in [5.41, 5.74) is 0.485. The van der Waals surface area contributed by atoms with Gasteiger partial charge in [-0.2, -0.15) is 18.3 Å². The topological polar surface area (TPSA) is 46.5 Å². The Hall–Kier alpha value is -2.48. The molecule has 0 saturated heterocycles. The van der Waals surface area contributed by atoms with E-state index in [-0.39, 0.29) is 0 Å². The second-order valence-corrected chi connectivity index (χ2v) is 4.86. The van der Waals surface area contributed by atoms with Gasteiger partial charge in [-0.3, -0.25) is 14.6 Å². The molecule has 0 aliphatic rings. The fourth-order valence-corrected chi connectivity index (χ4v) is 2.26. The highest BCUT2D eigenvalue weighted by Gasteiger charge is 2.30. The molecule has 8 heteroatoms. The summed E-state index contributed by atoms with van der Waals surface area (Å²) in [5.74, 6) is 0.423. The zero-order valence-corrected chi connectivity index (χ0v) is 11.8. The third kappa shape index (κ3) is 2.64. The lowest BCUT2D eigenvalue weighted by molar-refractivity contribution is -0.137. The van der Waals surface area contributed by atoms with Crippen LogP contribution in [0.1, 0.15) is 5.56 Å². The van der Waals surface area contributed by atoms with Crippen molar-refractivity contribution in [2.45, 2.75) is 6.18 Å². The zero-order valence-electron chi connectivity index (χ0n) is 11.0. The van der Waals surface area contributed by atoms with E-state index in [1.54, 1.807) is 29.1 Å². The molecule has 0 amide bonds. The van der Waals surface area contributed by atoms with Crippen molar-refractivity contribution in [3.05, 3.63) is 59.1 Å². The highest BCUT2D eigenvalue weighted by Crippen LogP contribution is 2.31. The highest BCUT2D eigenvalue weighted by molar-refractivity contribution is 7.71. The van der Waals surface area contributed by atoms with E-state index in [1.807, 2.05) is 0 Å². The summed E-state index contributed by atoms with van der Waals surface area (Å²) < 4.78 is 39.8. The molecule has 1 aromatic carbocycles. The fraction of sp³-hybridized carbons (Fsp3) is 0.0714.